The molecular weight excluding hydrogens is 321 g/mol. The first-order chi connectivity index (χ1) is 10.5. The highest BCUT2D eigenvalue weighted by Crippen LogP contribution is 2.48. The number of carbonyl (C=O) groups is 1. The van der Waals surface area contributed by atoms with Crippen molar-refractivity contribution in [3.63, 3.8) is 0 Å². The van der Waals surface area contributed by atoms with Crippen LogP contribution in [0.4, 0.5) is 0 Å². The first-order valence-corrected chi connectivity index (χ1v) is 8.65. The second-order valence-electron chi connectivity index (χ2n) is 6.72. The summed E-state index contributed by atoms with van der Waals surface area (Å²) in [5.41, 5.74) is 0.978. The molecule has 1 atom stereocenters. The Morgan fingerprint density at radius 2 is 2.00 bits per heavy atom. The zero-order valence-corrected chi connectivity index (χ0v) is 14.0. The van der Waals surface area contributed by atoms with E-state index in [0.29, 0.717) is 23.1 Å². The molecule has 22 heavy (non-hydrogen) atoms. The van der Waals surface area contributed by atoms with Crippen LogP contribution in [0.5, 0.6) is 0 Å². The van der Waals surface area contributed by atoms with Gasteiger partial charge in [0.15, 0.2) is 0 Å². The fourth-order valence-corrected chi connectivity index (χ4v) is 4.65. The van der Waals surface area contributed by atoms with Gasteiger partial charge in [-0.2, -0.15) is 0 Å². The van der Waals surface area contributed by atoms with Crippen LogP contribution in [0.15, 0.2) is 18.2 Å². The first kappa shape index (κ1) is 16.1. The summed E-state index contributed by atoms with van der Waals surface area (Å²) >= 11 is 12.2. The Morgan fingerprint density at radius 3 is 2.64 bits per heavy atom. The number of aliphatic carboxylic acids is 1. The highest BCUT2D eigenvalue weighted by atomic mass is 35.5. The minimum atomic E-state index is -0.647. The summed E-state index contributed by atoms with van der Waals surface area (Å²) in [4.78, 5) is 14.0. The second-order valence-corrected chi connectivity index (χ2v) is 7.56. The Kier molecular flexibility index (Phi) is 4.67. The molecule has 5 heteroatoms. The van der Waals surface area contributed by atoms with E-state index in [9.17, 15) is 9.90 Å². The Labute approximate surface area is 141 Å². The van der Waals surface area contributed by atoms with Gasteiger partial charge in [-0.05, 0) is 36.0 Å². The van der Waals surface area contributed by atoms with Crippen LogP contribution in [0.3, 0.4) is 0 Å². The molecule has 1 saturated heterocycles. The fraction of sp³-hybridized carbons (Fsp3) is 0.588. The number of carboxylic acid groups (broad SMARTS) is 1. The quantitative estimate of drug-likeness (QED) is 0.882. The molecule has 3 nitrogen and oxygen atoms in total. The molecule has 1 aromatic rings. The Morgan fingerprint density at radius 1 is 1.27 bits per heavy atom. The maximum Gasteiger partial charge on any atom is 0.308 e. The van der Waals surface area contributed by atoms with Crippen molar-refractivity contribution in [2.24, 2.45) is 11.3 Å². The van der Waals surface area contributed by atoms with Crippen molar-refractivity contribution in [2.45, 2.75) is 38.6 Å². The van der Waals surface area contributed by atoms with Gasteiger partial charge in [-0.1, -0.05) is 48.5 Å². The lowest BCUT2D eigenvalue weighted by Gasteiger charge is -2.36. The van der Waals surface area contributed by atoms with E-state index in [1.807, 2.05) is 12.1 Å². The van der Waals surface area contributed by atoms with Crippen LogP contribution in [-0.2, 0) is 11.3 Å². The maximum absolute atomic E-state index is 11.7. The van der Waals surface area contributed by atoms with Crippen molar-refractivity contribution in [2.75, 3.05) is 13.1 Å². The van der Waals surface area contributed by atoms with E-state index in [-0.39, 0.29) is 11.3 Å². The monoisotopic (exact) mass is 341 g/mol. The summed E-state index contributed by atoms with van der Waals surface area (Å²) in [6.45, 7) is 2.18. The first-order valence-electron chi connectivity index (χ1n) is 7.89. The lowest BCUT2D eigenvalue weighted by molar-refractivity contribution is -0.145. The predicted molar refractivity (Wildman–Crippen MR) is 88.4 cm³/mol. The Hall–Kier alpha value is -0.770. The second kappa shape index (κ2) is 6.38. The maximum atomic E-state index is 11.7. The Balaban J connectivity index is 1.77. The molecule has 3 rings (SSSR count). The van der Waals surface area contributed by atoms with E-state index in [1.165, 1.54) is 6.42 Å². The van der Waals surface area contributed by atoms with E-state index in [4.69, 9.17) is 23.2 Å². The van der Waals surface area contributed by atoms with Gasteiger partial charge in [0.1, 0.15) is 0 Å². The van der Waals surface area contributed by atoms with E-state index >= 15 is 0 Å². The predicted octanol–water partition coefficient (Wildman–Crippen LogP) is 4.46. The molecule has 1 aliphatic carbocycles. The molecule has 120 valence electrons. The average Bonchev–Trinajstić information content (AvgIpc) is 2.81. The summed E-state index contributed by atoms with van der Waals surface area (Å²) in [5, 5.41) is 10.9. The molecule has 2 aliphatic rings. The SMILES string of the molecule is O=C(O)C1CN(Cc2ccc(Cl)cc2Cl)CC12CCCCC2. The molecule has 2 fully saturated rings. The lowest BCUT2D eigenvalue weighted by atomic mass is 9.68. The number of rotatable bonds is 3. The molecule has 1 spiro atoms. The summed E-state index contributed by atoms with van der Waals surface area (Å²) in [5.74, 6) is -0.898. The van der Waals surface area contributed by atoms with Crippen LogP contribution in [-0.4, -0.2) is 29.1 Å². The summed E-state index contributed by atoms with van der Waals surface area (Å²) in [6, 6.07) is 5.52. The van der Waals surface area contributed by atoms with Crippen molar-refractivity contribution < 1.29 is 9.90 Å². The third-order valence-corrected chi connectivity index (χ3v) is 5.86. The molecular formula is C17H21Cl2NO2. The number of hydrogen-bond donors (Lipinski definition) is 1. The van der Waals surface area contributed by atoms with E-state index in [0.717, 1.165) is 37.8 Å². The van der Waals surface area contributed by atoms with Crippen LogP contribution in [0, 0.1) is 11.3 Å². The number of halogens is 2. The van der Waals surface area contributed by atoms with Gasteiger partial charge < -0.3 is 5.11 Å². The number of nitrogens with zero attached hydrogens (tertiary/aromatic N) is 1. The molecule has 1 heterocycles. The molecule has 0 bridgehead atoms. The third-order valence-electron chi connectivity index (χ3n) is 5.27. The summed E-state index contributed by atoms with van der Waals surface area (Å²) in [6.07, 6.45) is 5.61. The van der Waals surface area contributed by atoms with Gasteiger partial charge in [-0.25, -0.2) is 0 Å². The van der Waals surface area contributed by atoms with Crippen molar-refractivity contribution in [3.8, 4) is 0 Å². The molecule has 1 N–H and O–H groups in total. The average molecular weight is 342 g/mol. The molecule has 0 amide bonds. The normalized spacial score (nSPS) is 24.7. The van der Waals surface area contributed by atoms with Gasteiger partial charge in [0, 0.05) is 29.7 Å². The van der Waals surface area contributed by atoms with Crippen LogP contribution in [0.1, 0.15) is 37.7 Å². The number of likely N-dealkylation sites (tertiary alicyclic amines) is 1. The topological polar surface area (TPSA) is 40.5 Å². The van der Waals surface area contributed by atoms with Crippen molar-refractivity contribution in [1.82, 2.24) is 4.90 Å². The molecule has 1 aliphatic heterocycles. The van der Waals surface area contributed by atoms with Crippen LogP contribution in [0.25, 0.3) is 0 Å². The summed E-state index contributed by atoms with van der Waals surface area (Å²) in [7, 11) is 0. The molecule has 0 aromatic heterocycles. The zero-order chi connectivity index (χ0) is 15.7. The van der Waals surface area contributed by atoms with Crippen LogP contribution < -0.4 is 0 Å². The van der Waals surface area contributed by atoms with Gasteiger partial charge >= 0.3 is 5.97 Å². The van der Waals surface area contributed by atoms with E-state index in [2.05, 4.69) is 4.90 Å². The Bertz CT molecular complexity index is 570. The number of carboxylic acids is 1. The van der Waals surface area contributed by atoms with Gasteiger partial charge in [0.2, 0.25) is 0 Å². The van der Waals surface area contributed by atoms with E-state index in [1.54, 1.807) is 6.07 Å². The smallest absolute Gasteiger partial charge is 0.308 e. The highest BCUT2D eigenvalue weighted by Gasteiger charge is 2.50. The third kappa shape index (κ3) is 3.12. The molecule has 1 unspecified atom stereocenters. The molecule has 1 aromatic carbocycles. The van der Waals surface area contributed by atoms with Crippen molar-refractivity contribution in [3.05, 3.63) is 33.8 Å². The number of hydrogen-bond acceptors (Lipinski definition) is 2. The summed E-state index contributed by atoms with van der Waals surface area (Å²) < 4.78 is 0. The lowest BCUT2D eigenvalue weighted by Crippen LogP contribution is -2.36. The number of benzene rings is 1. The van der Waals surface area contributed by atoms with Crippen molar-refractivity contribution in [1.29, 1.82) is 0 Å². The standard InChI is InChI=1S/C17H21Cl2NO2/c18-13-5-4-12(15(19)8-13)9-20-10-14(16(21)22)17(11-20)6-2-1-3-7-17/h4-5,8,14H,1-3,6-7,9-11H2,(H,21,22). The minimum absolute atomic E-state index is 0.0387. The highest BCUT2D eigenvalue weighted by molar-refractivity contribution is 6.35. The molecule has 0 radical (unpaired) electrons. The molecule has 1 saturated carbocycles. The van der Waals surface area contributed by atoms with Crippen LogP contribution >= 0.6 is 23.2 Å². The van der Waals surface area contributed by atoms with Gasteiger partial charge in [-0.3, -0.25) is 9.69 Å². The van der Waals surface area contributed by atoms with Gasteiger partial charge in [0.05, 0.1) is 5.92 Å². The van der Waals surface area contributed by atoms with Crippen LogP contribution in [0.2, 0.25) is 10.0 Å². The zero-order valence-electron chi connectivity index (χ0n) is 12.5. The van der Waals surface area contributed by atoms with Gasteiger partial charge in [-0.15, -0.1) is 0 Å². The largest absolute Gasteiger partial charge is 0.481 e. The van der Waals surface area contributed by atoms with Crippen molar-refractivity contribution >= 4 is 29.2 Å². The fourth-order valence-electron chi connectivity index (χ4n) is 4.19. The minimum Gasteiger partial charge on any atom is -0.481 e. The van der Waals surface area contributed by atoms with Gasteiger partial charge in [0.25, 0.3) is 0 Å². The van der Waals surface area contributed by atoms with E-state index < -0.39 is 5.97 Å².